The standard InChI is InChI=1S/C9H13NO2/c1-6(2)9-7(5-11)3-10-4-8(9)12/h3-4,6,11-12H,5H2,1-2H3. The molecule has 1 aromatic rings. The predicted octanol–water partition coefficient (Wildman–Crippen LogP) is 1.40. The molecule has 1 heterocycles. The zero-order valence-electron chi connectivity index (χ0n) is 7.28. The highest BCUT2D eigenvalue weighted by molar-refractivity contribution is 5.37. The highest BCUT2D eigenvalue weighted by Gasteiger charge is 2.10. The summed E-state index contributed by atoms with van der Waals surface area (Å²) in [7, 11) is 0. The smallest absolute Gasteiger partial charge is 0.137 e. The first-order valence-electron chi connectivity index (χ1n) is 3.93. The SMILES string of the molecule is CC(C)c1c(O)cncc1CO. The van der Waals surface area contributed by atoms with Crippen LogP contribution in [0.15, 0.2) is 12.4 Å². The van der Waals surface area contributed by atoms with Crippen LogP contribution in [-0.4, -0.2) is 15.2 Å². The number of pyridine rings is 1. The van der Waals surface area contributed by atoms with E-state index in [9.17, 15) is 5.11 Å². The average molecular weight is 167 g/mol. The van der Waals surface area contributed by atoms with E-state index in [2.05, 4.69) is 4.98 Å². The number of aromatic hydroxyl groups is 1. The number of aliphatic hydroxyl groups excluding tert-OH is 1. The maximum Gasteiger partial charge on any atom is 0.137 e. The van der Waals surface area contributed by atoms with Gasteiger partial charge in [-0.15, -0.1) is 0 Å². The molecule has 0 aliphatic carbocycles. The first kappa shape index (κ1) is 9.00. The summed E-state index contributed by atoms with van der Waals surface area (Å²) in [6.07, 6.45) is 2.98. The number of hydrogen-bond donors (Lipinski definition) is 2. The van der Waals surface area contributed by atoms with Crippen LogP contribution in [0.1, 0.15) is 30.9 Å². The first-order chi connectivity index (χ1) is 5.66. The van der Waals surface area contributed by atoms with Crippen LogP contribution in [0.5, 0.6) is 5.75 Å². The van der Waals surface area contributed by atoms with Crippen molar-refractivity contribution in [2.24, 2.45) is 0 Å². The highest BCUT2D eigenvalue weighted by Crippen LogP contribution is 2.27. The number of rotatable bonds is 2. The van der Waals surface area contributed by atoms with Crippen molar-refractivity contribution < 1.29 is 10.2 Å². The van der Waals surface area contributed by atoms with Crippen molar-refractivity contribution in [2.75, 3.05) is 0 Å². The topological polar surface area (TPSA) is 53.4 Å². The maximum atomic E-state index is 9.42. The van der Waals surface area contributed by atoms with E-state index in [1.165, 1.54) is 6.20 Å². The molecule has 0 aliphatic rings. The maximum absolute atomic E-state index is 9.42. The second-order valence-corrected chi connectivity index (χ2v) is 3.04. The summed E-state index contributed by atoms with van der Waals surface area (Å²) in [6.45, 7) is 3.86. The Bertz CT molecular complexity index is 271. The van der Waals surface area contributed by atoms with Crippen LogP contribution >= 0.6 is 0 Å². The Kier molecular flexibility index (Phi) is 2.65. The third-order valence-corrected chi connectivity index (χ3v) is 1.80. The molecule has 0 fully saturated rings. The molecule has 3 nitrogen and oxygen atoms in total. The molecule has 0 saturated carbocycles. The summed E-state index contributed by atoms with van der Waals surface area (Å²) in [4.78, 5) is 3.79. The van der Waals surface area contributed by atoms with Gasteiger partial charge >= 0.3 is 0 Å². The molecule has 2 N–H and O–H groups in total. The van der Waals surface area contributed by atoms with E-state index < -0.39 is 0 Å². The Hall–Kier alpha value is -1.09. The molecule has 66 valence electrons. The molecule has 1 rings (SSSR count). The largest absolute Gasteiger partial charge is 0.506 e. The Morgan fingerprint density at radius 3 is 2.50 bits per heavy atom. The van der Waals surface area contributed by atoms with E-state index in [-0.39, 0.29) is 18.3 Å². The van der Waals surface area contributed by atoms with E-state index in [4.69, 9.17) is 5.11 Å². The molecule has 0 atom stereocenters. The Balaban J connectivity index is 3.20. The van der Waals surface area contributed by atoms with E-state index in [1.807, 2.05) is 13.8 Å². The lowest BCUT2D eigenvalue weighted by atomic mass is 9.99. The zero-order chi connectivity index (χ0) is 9.14. The minimum Gasteiger partial charge on any atom is -0.506 e. The fraction of sp³-hybridized carbons (Fsp3) is 0.444. The average Bonchev–Trinajstić information content (AvgIpc) is 2.03. The number of aromatic nitrogens is 1. The molecule has 0 aromatic carbocycles. The van der Waals surface area contributed by atoms with Gasteiger partial charge in [0, 0.05) is 17.3 Å². The van der Waals surface area contributed by atoms with E-state index in [1.54, 1.807) is 6.20 Å². The molecule has 0 radical (unpaired) electrons. The molecule has 1 aromatic heterocycles. The van der Waals surface area contributed by atoms with Crippen LogP contribution in [-0.2, 0) is 6.61 Å². The Morgan fingerprint density at radius 1 is 1.42 bits per heavy atom. The van der Waals surface area contributed by atoms with Crippen LogP contribution in [0.25, 0.3) is 0 Å². The van der Waals surface area contributed by atoms with Crippen molar-refractivity contribution in [3.05, 3.63) is 23.5 Å². The Morgan fingerprint density at radius 2 is 2.08 bits per heavy atom. The summed E-state index contributed by atoms with van der Waals surface area (Å²) >= 11 is 0. The fourth-order valence-corrected chi connectivity index (χ4v) is 1.29. The fourth-order valence-electron chi connectivity index (χ4n) is 1.29. The van der Waals surface area contributed by atoms with E-state index in [0.717, 1.165) is 5.56 Å². The van der Waals surface area contributed by atoms with Gasteiger partial charge in [0.15, 0.2) is 0 Å². The molecular formula is C9H13NO2. The van der Waals surface area contributed by atoms with Crippen LogP contribution < -0.4 is 0 Å². The zero-order valence-corrected chi connectivity index (χ0v) is 7.28. The molecule has 3 heteroatoms. The lowest BCUT2D eigenvalue weighted by Gasteiger charge is -2.11. The minimum absolute atomic E-state index is 0.0745. The molecule has 0 bridgehead atoms. The number of nitrogens with zero attached hydrogens (tertiary/aromatic N) is 1. The van der Waals surface area contributed by atoms with Gasteiger partial charge in [0.2, 0.25) is 0 Å². The van der Waals surface area contributed by atoms with Crippen LogP contribution in [0.4, 0.5) is 0 Å². The number of aliphatic hydroxyl groups is 1. The normalized spacial score (nSPS) is 10.7. The van der Waals surface area contributed by atoms with Gasteiger partial charge in [0.05, 0.1) is 12.8 Å². The Labute approximate surface area is 71.7 Å². The van der Waals surface area contributed by atoms with Crippen molar-refractivity contribution in [3.8, 4) is 5.75 Å². The van der Waals surface area contributed by atoms with E-state index >= 15 is 0 Å². The molecule has 0 unspecified atom stereocenters. The second-order valence-electron chi connectivity index (χ2n) is 3.04. The molecule has 0 aliphatic heterocycles. The van der Waals surface area contributed by atoms with Crippen molar-refractivity contribution in [3.63, 3.8) is 0 Å². The number of hydrogen-bond acceptors (Lipinski definition) is 3. The van der Waals surface area contributed by atoms with Crippen LogP contribution in [0.3, 0.4) is 0 Å². The summed E-state index contributed by atoms with van der Waals surface area (Å²) in [5.74, 6) is 0.367. The van der Waals surface area contributed by atoms with Crippen molar-refractivity contribution >= 4 is 0 Å². The van der Waals surface area contributed by atoms with Crippen molar-refractivity contribution in [2.45, 2.75) is 26.4 Å². The molecule has 0 spiro atoms. The van der Waals surface area contributed by atoms with Gasteiger partial charge in [0.25, 0.3) is 0 Å². The molecule has 12 heavy (non-hydrogen) atoms. The second kappa shape index (κ2) is 3.54. The third kappa shape index (κ3) is 1.56. The quantitative estimate of drug-likeness (QED) is 0.700. The van der Waals surface area contributed by atoms with Gasteiger partial charge in [0.1, 0.15) is 5.75 Å². The van der Waals surface area contributed by atoms with E-state index in [0.29, 0.717) is 5.56 Å². The monoisotopic (exact) mass is 167 g/mol. The van der Waals surface area contributed by atoms with Gasteiger partial charge in [-0.25, -0.2) is 0 Å². The van der Waals surface area contributed by atoms with Crippen LogP contribution in [0.2, 0.25) is 0 Å². The van der Waals surface area contributed by atoms with Crippen molar-refractivity contribution in [1.82, 2.24) is 4.98 Å². The summed E-state index contributed by atoms with van der Waals surface area (Å²) < 4.78 is 0. The lowest BCUT2D eigenvalue weighted by Crippen LogP contribution is -1.97. The van der Waals surface area contributed by atoms with Crippen LogP contribution in [0, 0.1) is 0 Å². The lowest BCUT2D eigenvalue weighted by molar-refractivity contribution is 0.278. The van der Waals surface area contributed by atoms with Gasteiger partial charge in [-0.1, -0.05) is 13.8 Å². The van der Waals surface area contributed by atoms with Gasteiger partial charge in [-0.2, -0.15) is 0 Å². The summed E-state index contributed by atoms with van der Waals surface area (Å²) in [6, 6.07) is 0. The van der Waals surface area contributed by atoms with Gasteiger partial charge < -0.3 is 10.2 Å². The van der Waals surface area contributed by atoms with Gasteiger partial charge in [-0.05, 0) is 5.92 Å². The van der Waals surface area contributed by atoms with Crippen molar-refractivity contribution in [1.29, 1.82) is 0 Å². The molecule has 0 amide bonds. The third-order valence-electron chi connectivity index (χ3n) is 1.80. The summed E-state index contributed by atoms with van der Waals surface area (Å²) in [5.41, 5.74) is 1.48. The molecule has 0 saturated heterocycles. The predicted molar refractivity (Wildman–Crippen MR) is 45.9 cm³/mol. The summed E-state index contributed by atoms with van der Waals surface area (Å²) in [5, 5.41) is 18.4. The highest BCUT2D eigenvalue weighted by atomic mass is 16.3. The minimum atomic E-state index is -0.0745. The first-order valence-corrected chi connectivity index (χ1v) is 3.93. The molecular weight excluding hydrogens is 154 g/mol. The van der Waals surface area contributed by atoms with Gasteiger partial charge in [-0.3, -0.25) is 4.98 Å².